The van der Waals surface area contributed by atoms with E-state index in [9.17, 15) is 4.79 Å². The van der Waals surface area contributed by atoms with Crippen LogP contribution in [-0.4, -0.2) is 36.0 Å². The molecule has 3 nitrogen and oxygen atoms in total. The molecule has 2 atom stereocenters. The number of ether oxygens (including phenoxy) is 1. The molecule has 22 heavy (non-hydrogen) atoms. The highest BCUT2D eigenvalue weighted by molar-refractivity contribution is 5.81. The summed E-state index contributed by atoms with van der Waals surface area (Å²) < 4.78 is 5.73. The highest BCUT2D eigenvalue weighted by atomic mass is 16.5. The van der Waals surface area contributed by atoms with Crippen molar-refractivity contribution in [1.29, 1.82) is 0 Å². The van der Waals surface area contributed by atoms with Crippen molar-refractivity contribution in [2.45, 2.75) is 44.3 Å². The van der Waals surface area contributed by atoms with Gasteiger partial charge in [-0.3, -0.25) is 9.69 Å². The van der Waals surface area contributed by atoms with Crippen LogP contribution in [0.25, 0.3) is 0 Å². The first-order valence-electron chi connectivity index (χ1n) is 8.11. The molecule has 0 amide bonds. The number of rotatable bonds is 5. The van der Waals surface area contributed by atoms with Crippen LogP contribution in [0.4, 0.5) is 0 Å². The number of Topliss-reactive ketones (excluding diaryl/α,β-unsaturated/α-hetero) is 1. The first-order valence-corrected chi connectivity index (χ1v) is 8.11. The Morgan fingerprint density at radius 2 is 1.91 bits per heavy atom. The molecule has 0 aromatic heterocycles. The van der Waals surface area contributed by atoms with E-state index >= 15 is 0 Å². The molecule has 2 aliphatic heterocycles. The maximum absolute atomic E-state index is 12.3. The van der Waals surface area contributed by atoms with Crippen molar-refractivity contribution in [3.05, 3.63) is 35.9 Å². The molecule has 2 unspecified atom stereocenters. The van der Waals surface area contributed by atoms with Crippen molar-refractivity contribution in [1.82, 2.24) is 4.90 Å². The Kier molecular flexibility index (Phi) is 4.92. The van der Waals surface area contributed by atoms with Crippen LogP contribution >= 0.6 is 0 Å². The summed E-state index contributed by atoms with van der Waals surface area (Å²) in [5, 5.41) is 0. The third-order valence-electron chi connectivity index (χ3n) is 4.85. The predicted octanol–water partition coefficient (Wildman–Crippen LogP) is 2.65. The van der Waals surface area contributed by atoms with E-state index in [4.69, 9.17) is 11.2 Å². The van der Waals surface area contributed by atoms with Crippen molar-refractivity contribution in [3.63, 3.8) is 0 Å². The zero-order valence-electron chi connectivity index (χ0n) is 12.9. The number of fused-ring (bicyclic) bond motifs is 2. The summed E-state index contributed by atoms with van der Waals surface area (Å²) in [7, 11) is 0. The standard InChI is InChI=1S/C19H23NO2/c1-2-3-9-19(21)16-10-17-13-22-14-18(11-16)20(17)12-15-7-5-4-6-8-15/h1,4-8,16-18H,3,9-14H2. The lowest BCUT2D eigenvalue weighted by molar-refractivity contribution is -0.133. The summed E-state index contributed by atoms with van der Waals surface area (Å²) in [6, 6.07) is 11.3. The van der Waals surface area contributed by atoms with Gasteiger partial charge in [-0.1, -0.05) is 30.3 Å². The Bertz CT molecular complexity index is 534. The molecule has 3 rings (SSSR count). The van der Waals surface area contributed by atoms with Gasteiger partial charge in [0.25, 0.3) is 0 Å². The molecule has 0 saturated carbocycles. The van der Waals surface area contributed by atoms with Crippen molar-refractivity contribution >= 4 is 5.78 Å². The van der Waals surface area contributed by atoms with Crippen LogP contribution in [0.1, 0.15) is 31.2 Å². The van der Waals surface area contributed by atoms with Gasteiger partial charge in [0.05, 0.1) is 13.2 Å². The van der Waals surface area contributed by atoms with E-state index in [2.05, 4.69) is 35.1 Å². The minimum absolute atomic E-state index is 0.166. The molecule has 2 aliphatic rings. The number of morpholine rings is 1. The Labute approximate surface area is 132 Å². The lowest BCUT2D eigenvalue weighted by atomic mass is 9.81. The maximum Gasteiger partial charge on any atom is 0.137 e. The minimum atomic E-state index is 0.166. The highest BCUT2D eigenvalue weighted by Crippen LogP contribution is 2.33. The fourth-order valence-corrected chi connectivity index (χ4v) is 3.70. The molecule has 2 heterocycles. The van der Waals surface area contributed by atoms with Gasteiger partial charge in [-0.2, -0.15) is 0 Å². The third-order valence-corrected chi connectivity index (χ3v) is 4.85. The number of nitrogens with zero attached hydrogens (tertiary/aromatic N) is 1. The Morgan fingerprint density at radius 1 is 1.23 bits per heavy atom. The number of carbonyl (C=O) groups is 1. The normalized spacial score (nSPS) is 28.0. The van der Waals surface area contributed by atoms with Crippen LogP contribution in [0.3, 0.4) is 0 Å². The van der Waals surface area contributed by atoms with Crippen LogP contribution in [0.2, 0.25) is 0 Å². The van der Waals surface area contributed by atoms with Crippen LogP contribution in [0, 0.1) is 18.3 Å². The van der Waals surface area contributed by atoms with Gasteiger partial charge in [0.1, 0.15) is 5.78 Å². The van der Waals surface area contributed by atoms with Gasteiger partial charge < -0.3 is 4.74 Å². The lowest BCUT2D eigenvalue weighted by Crippen LogP contribution is -2.57. The summed E-state index contributed by atoms with van der Waals surface area (Å²) in [6.07, 6.45) is 8.19. The SMILES string of the molecule is C#CCCC(=O)C1CC2COCC(C1)N2Cc1ccccc1. The van der Waals surface area contributed by atoms with Crippen molar-refractivity contribution in [3.8, 4) is 12.3 Å². The van der Waals surface area contributed by atoms with E-state index in [-0.39, 0.29) is 5.92 Å². The van der Waals surface area contributed by atoms with E-state index in [1.807, 2.05) is 6.07 Å². The topological polar surface area (TPSA) is 29.5 Å². The second-order valence-corrected chi connectivity index (χ2v) is 6.34. The summed E-state index contributed by atoms with van der Waals surface area (Å²) in [6.45, 7) is 2.43. The molecule has 1 aromatic rings. The van der Waals surface area contributed by atoms with Crippen molar-refractivity contribution < 1.29 is 9.53 Å². The molecule has 2 bridgehead atoms. The largest absolute Gasteiger partial charge is 0.378 e. The molecular formula is C19H23NO2. The van der Waals surface area contributed by atoms with E-state index < -0.39 is 0 Å². The van der Waals surface area contributed by atoms with E-state index in [0.717, 1.165) is 32.6 Å². The number of benzene rings is 1. The molecule has 1 aromatic carbocycles. The predicted molar refractivity (Wildman–Crippen MR) is 86.2 cm³/mol. The van der Waals surface area contributed by atoms with Crippen molar-refractivity contribution in [2.75, 3.05) is 13.2 Å². The molecule has 0 N–H and O–H groups in total. The van der Waals surface area contributed by atoms with Gasteiger partial charge in [-0.05, 0) is 18.4 Å². The molecule has 2 saturated heterocycles. The molecule has 0 spiro atoms. The number of ketones is 1. The second kappa shape index (κ2) is 7.09. The smallest absolute Gasteiger partial charge is 0.137 e. The average molecular weight is 297 g/mol. The van der Waals surface area contributed by atoms with Crippen molar-refractivity contribution in [2.24, 2.45) is 5.92 Å². The minimum Gasteiger partial charge on any atom is -0.378 e. The average Bonchev–Trinajstić information content (AvgIpc) is 2.53. The summed E-state index contributed by atoms with van der Waals surface area (Å²) in [4.78, 5) is 14.8. The molecule has 116 valence electrons. The van der Waals surface area contributed by atoms with Gasteiger partial charge in [0, 0.05) is 37.4 Å². The number of hydrogen-bond donors (Lipinski definition) is 0. The van der Waals surface area contributed by atoms with Gasteiger partial charge >= 0.3 is 0 Å². The molecule has 3 heteroatoms. The van der Waals surface area contributed by atoms with Gasteiger partial charge in [0.2, 0.25) is 0 Å². The quantitative estimate of drug-likeness (QED) is 0.783. The fourth-order valence-electron chi connectivity index (χ4n) is 3.70. The van der Waals surface area contributed by atoms with E-state index in [0.29, 0.717) is 30.7 Å². The van der Waals surface area contributed by atoms with Gasteiger partial charge in [-0.15, -0.1) is 12.3 Å². The lowest BCUT2D eigenvalue weighted by Gasteiger charge is -2.48. The number of terminal acetylenes is 1. The van der Waals surface area contributed by atoms with Gasteiger partial charge in [0.15, 0.2) is 0 Å². The highest BCUT2D eigenvalue weighted by Gasteiger charge is 2.40. The first-order chi connectivity index (χ1) is 10.8. The molecule has 0 aliphatic carbocycles. The summed E-state index contributed by atoms with van der Waals surface area (Å²) >= 11 is 0. The first kappa shape index (κ1) is 15.3. The maximum atomic E-state index is 12.3. The number of carbonyl (C=O) groups excluding carboxylic acids is 1. The van der Waals surface area contributed by atoms with Gasteiger partial charge in [-0.25, -0.2) is 0 Å². The van der Waals surface area contributed by atoms with E-state index in [1.165, 1.54) is 5.56 Å². The number of piperidine rings is 1. The van der Waals surface area contributed by atoms with Crippen LogP contribution < -0.4 is 0 Å². The Morgan fingerprint density at radius 3 is 2.55 bits per heavy atom. The molecular weight excluding hydrogens is 274 g/mol. The third kappa shape index (κ3) is 3.40. The Balaban J connectivity index is 1.66. The van der Waals surface area contributed by atoms with Crippen LogP contribution in [0.5, 0.6) is 0 Å². The zero-order valence-corrected chi connectivity index (χ0v) is 12.9. The second-order valence-electron chi connectivity index (χ2n) is 6.34. The van der Waals surface area contributed by atoms with Crippen LogP contribution in [0.15, 0.2) is 30.3 Å². The summed E-state index contributed by atoms with van der Waals surface area (Å²) in [5.41, 5.74) is 1.33. The molecule has 0 radical (unpaired) electrons. The van der Waals surface area contributed by atoms with Crippen LogP contribution in [-0.2, 0) is 16.1 Å². The number of hydrogen-bond acceptors (Lipinski definition) is 3. The fraction of sp³-hybridized carbons (Fsp3) is 0.526. The van der Waals surface area contributed by atoms with E-state index in [1.54, 1.807) is 0 Å². The zero-order chi connectivity index (χ0) is 15.4. The monoisotopic (exact) mass is 297 g/mol. The summed E-state index contributed by atoms with van der Waals surface area (Å²) in [5.74, 6) is 3.08. The Hall–Kier alpha value is -1.63. The molecule has 2 fully saturated rings.